The highest BCUT2D eigenvalue weighted by atomic mass is 16.5. The summed E-state index contributed by atoms with van der Waals surface area (Å²) in [7, 11) is 0. The van der Waals surface area contributed by atoms with Gasteiger partial charge in [0.2, 0.25) is 0 Å². The molecule has 0 amide bonds. The first-order chi connectivity index (χ1) is 7.16. The van der Waals surface area contributed by atoms with E-state index in [-0.39, 0.29) is 0 Å². The summed E-state index contributed by atoms with van der Waals surface area (Å²) in [5.74, 6) is 0.903. The van der Waals surface area contributed by atoms with Gasteiger partial charge in [-0.3, -0.25) is 0 Å². The molecule has 0 atom stereocenters. The lowest BCUT2D eigenvalue weighted by Crippen LogP contribution is -2.40. The minimum absolute atomic E-state index is 0.589. The fraction of sp³-hybridized carbons (Fsp3) is 1.00. The van der Waals surface area contributed by atoms with Gasteiger partial charge in [-0.25, -0.2) is 0 Å². The van der Waals surface area contributed by atoms with E-state index in [1.165, 1.54) is 45.3 Å². The molecule has 0 unspecified atom stereocenters. The predicted molar refractivity (Wildman–Crippen MR) is 63.0 cm³/mol. The summed E-state index contributed by atoms with van der Waals surface area (Å²) in [6.07, 6.45) is 5.30. The number of rotatable bonds is 2. The molecule has 0 aromatic heterocycles. The van der Waals surface area contributed by atoms with Crippen LogP contribution in [-0.4, -0.2) is 37.7 Å². The second kappa shape index (κ2) is 4.84. The molecule has 88 valence electrons. The van der Waals surface area contributed by atoms with Crippen molar-refractivity contribution >= 4 is 0 Å². The Morgan fingerprint density at radius 1 is 1.13 bits per heavy atom. The van der Waals surface area contributed by atoms with E-state index >= 15 is 0 Å². The highest BCUT2D eigenvalue weighted by Crippen LogP contribution is 2.30. The molecule has 2 fully saturated rings. The standard InChI is InChI=1S/C13H25NO/c1-13(2)5-7-14(8-6-13)11-12-3-9-15-10-4-12/h12H,3-11H2,1-2H3. The van der Waals surface area contributed by atoms with Crippen molar-refractivity contribution in [2.75, 3.05) is 32.8 Å². The summed E-state index contributed by atoms with van der Waals surface area (Å²) in [6, 6.07) is 0. The van der Waals surface area contributed by atoms with Gasteiger partial charge in [-0.05, 0) is 50.1 Å². The normalized spacial score (nSPS) is 29.2. The van der Waals surface area contributed by atoms with Gasteiger partial charge in [0.15, 0.2) is 0 Å². The third-order valence-corrected chi connectivity index (χ3v) is 4.07. The van der Waals surface area contributed by atoms with Gasteiger partial charge < -0.3 is 9.64 Å². The Morgan fingerprint density at radius 2 is 1.73 bits per heavy atom. The van der Waals surface area contributed by atoms with Crippen LogP contribution >= 0.6 is 0 Å². The highest BCUT2D eigenvalue weighted by Gasteiger charge is 2.26. The summed E-state index contributed by atoms with van der Waals surface area (Å²) >= 11 is 0. The minimum atomic E-state index is 0.589. The van der Waals surface area contributed by atoms with Gasteiger partial charge in [0.1, 0.15) is 0 Å². The molecular weight excluding hydrogens is 186 g/mol. The molecule has 0 aliphatic carbocycles. The molecule has 2 heteroatoms. The van der Waals surface area contributed by atoms with Gasteiger partial charge in [-0.2, -0.15) is 0 Å². The van der Waals surface area contributed by atoms with E-state index in [9.17, 15) is 0 Å². The van der Waals surface area contributed by atoms with Crippen LogP contribution in [0.4, 0.5) is 0 Å². The van der Waals surface area contributed by atoms with Gasteiger partial charge >= 0.3 is 0 Å². The summed E-state index contributed by atoms with van der Waals surface area (Å²) in [4.78, 5) is 2.67. The van der Waals surface area contributed by atoms with Crippen LogP contribution in [0.2, 0.25) is 0 Å². The third kappa shape index (κ3) is 3.46. The smallest absolute Gasteiger partial charge is 0.0469 e. The lowest BCUT2D eigenvalue weighted by atomic mass is 9.82. The van der Waals surface area contributed by atoms with E-state index in [0.29, 0.717) is 5.41 Å². The van der Waals surface area contributed by atoms with E-state index in [0.717, 1.165) is 19.1 Å². The van der Waals surface area contributed by atoms with Crippen LogP contribution in [-0.2, 0) is 4.74 Å². The fourth-order valence-corrected chi connectivity index (χ4v) is 2.64. The number of ether oxygens (including phenoxy) is 1. The summed E-state index contributed by atoms with van der Waals surface area (Å²) in [6.45, 7) is 10.7. The molecule has 0 aromatic rings. The van der Waals surface area contributed by atoms with Crippen molar-refractivity contribution < 1.29 is 4.74 Å². The Balaban J connectivity index is 1.71. The molecule has 2 saturated heterocycles. The van der Waals surface area contributed by atoms with Crippen molar-refractivity contribution in [1.29, 1.82) is 0 Å². The number of likely N-dealkylation sites (tertiary alicyclic amines) is 1. The van der Waals surface area contributed by atoms with E-state index < -0.39 is 0 Å². The Bertz CT molecular complexity index is 187. The largest absolute Gasteiger partial charge is 0.381 e. The second-order valence-corrected chi connectivity index (χ2v) is 6.02. The maximum Gasteiger partial charge on any atom is 0.0469 e. The quantitative estimate of drug-likeness (QED) is 0.696. The molecule has 0 bridgehead atoms. The highest BCUT2D eigenvalue weighted by molar-refractivity contribution is 4.80. The molecule has 2 aliphatic heterocycles. The van der Waals surface area contributed by atoms with Crippen molar-refractivity contribution in [3.63, 3.8) is 0 Å². The van der Waals surface area contributed by atoms with Gasteiger partial charge in [0, 0.05) is 19.8 Å². The molecule has 2 aliphatic rings. The molecule has 2 heterocycles. The molecule has 0 N–H and O–H groups in total. The zero-order chi connectivity index (χ0) is 10.7. The van der Waals surface area contributed by atoms with Crippen molar-refractivity contribution in [1.82, 2.24) is 4.90 Å². The van der Waals surface area contributed by atoms with Crippen LogP contribution in [0, 0.1) is 11.3 Å². The van der Waals surface area contributed by atoms with E-state index in [2.05, 4.69) is 18.7 Å². The molecule has 15 heavy (non-hydrogen) atoms. The van der Waals surface area contributed by atoms with Crippen molar-refractivity contribution in [2.45, 2.75) is 39.5 Å². The maximum absolute atomic E-state index is 5.40. The zero-order valence-electron chi connectivity index (χ0n) is 10.3. The Kier molecular flexibility index (Phi) is 3.68. The first-order valence-electron chi connectivity index (χ1n) is 6.46. The molecular formula is C13H25NO. The lowest BCUT2D eigenvalue weighted by molar-refractivity contribution is 0.0412. The van der Waals surface area contributed by atoms with Gasteiger partial charge in [0.05, 0.1) is 0 Å². The summed E-state index contributed by atoms with van der Waals surface area (Å²) in [5.41, 5.74) is 0.589. The Morgan fingerprint density at radius 3 is 2.33 bits per heavy atom. The first-order valence-corrected chi connectivity index (χ1v) is 6.46. The van der Waals surface area contributed by atoms with Gasteiger partial charge in [0.25, 0.3) is 0 Å². The number of nitrogens with zero attached hydrogens (tertiary/aromatic N) is 1. The average Bonchev–Trinajstić information content (AvgIpc) is 2.23. The van der Waals surface area contributed by atoms with Crippen molar-refractivity contribution in [3.05, 3.63) is 0 Å². The summed E-state index contributed by atoms with van der Waals surface area (Å²) < 4.78 is 5.40. The SMILES string of the molecule is CC1(C)CCN(CC2CCOCC2)CC1. The Labute approximate surface area is 94.0 Å². The molecule has 0 spiro atoms. The lowest BCUT2D eigenvalue weighted by Gasteiger charge is -2.39. The summed E-state index contributed by atoms with van der Waals surface area (Å²) in [5, 5.41) is 0. The van der Waals surface area contributed by atoms with Gasteiger partial charge in [-0.15, -0.1) is 0 Å². The molecule has 2 nitrogen and oxygen atoms in total. The van der Waals surface area contributed by atoms with Crippen LogP contribution in [0.15, 0.2) is 0 Å². The Hall–Kier alpha value is -0.0800. The fourth-order valence-electron chi connectivity index (χ4n) is 2.64. The van der Waals surface area contributed by atoms with E-state index in [1.807, 2.05) is 0 Å². The number of hydrogen-bond acceptors (Lipinski definition) is 2. The minimum Gasteiger partial charge on any atom is -0.381 e. The third-order valence-electron chi connectivity index (χ3n) is 4.07. The van der Waals surface area contributed by atoms with Crippen LogP contribution in [0.3, 0.4) is 0 Å². The molecule has 0 saturated carbocycles. The van der Waals surface area contributed by atoms with E-state index in [1.54, 1.807) is 0 Å². The van der Waals surface area contributed by atoms with Crippen molar-refractivity contribution in [2.24, 2.45) is 11.3 Å². The molecule has 2 rings (SSSR count). The van der Waals surface area contributed by atoms with Crippen LogP contribution in [0.1, 0.15) is 39.5 Å². The first kappa shape index (κ1) is 11.4. The van der Waals surface area contributed by atoms with Crippen LogP contribution in [0.5, 0.6) is 0 Å². The van der Waals surface area contributed by atoms with Crippen molar-refractivity contribution in [3.8, 4) is 0 Å². The second-order valence-electron chi connectivity index (χ2n) is 6.02. The molecule has 0 radical (unpaired) electrons. The van der Waals surface area contributed by atoms with Crippen LogP contribution in [0.25, 0.3) is 0 Å². The van der Waals surface area contributed by atoms with Crippen LogP contribution < -0.4 is 0 Å². The predicted octanol–water partition coefficient (Wildman–Crippen LogP) is 2.54. The monoisotopic (exact) mass is 211 g/mol. The maximum atomic E-state index is 5.40. The van der Waals surface area contributed by atoms with Gasteiger partial charge in [-0.1, -0.05) is 13.8 Å². The number of hydrogen-bond donors (Lipinski definition) is 0. The topological polar surface area (TPSA) is 12.5 Å². The zero-order valence-corrected chi connectivity index (χ0v) is 10.3. The molecule has 0 aromatic carbocycles. The van der Waals surface area contributed by atoms with E-state index in [4.69, 9.17) is 4.74 Å². The number of piperidine rings is 1. The average molecular weight is 211 g/mol.